The van der Waals surface area contributed by atoms with Crippen molar-refractivity contribution in [3.8, 4) is 16.3 Å². The van der Waals surface area contributed by atoms with E-state index in [1.54, 1.807) is 48.4 Å². The minimum atomic E-state index is -3.50. The standard InChI is InChI=1S/C27H32N4O6S2/c1-17-14-31(18(2)16-32)27(34)21-6-5-7-22(24(21)37-23(17)15-30(3)39(4,35)36)29-25(33)19-8-10-20(11-9-19)26-28-12-13-38-26/h5-13,17-18,23,32H,14-16H2,1-4H3,(H,29,33)/t17-,18+,23-/m1/s1. The van der Waals surface area contributed by atoms with Gasteiger partial charge in [-0.25, -0.2) is 17.7 Å². The molecule has 4 rings (SSSR count). The molecule has 0 bridgehead atoms. The maximum absolute atomic E-state index is 13.6. The zero-order valence-electron chi connectivity index (χ0n) is 22.2. The Morgan fingerprint density at radius 1 is 1.28 bits per heavy atom. The van der Waals surface area contributed by atoms with Crippen LogP contribution < -0.4 is 10.1 Å². The molecule has 0 radical (unpaired) electrons. The van der Waals surface area contributed by atoms with Gasteiger partial charge in [0.05, 0.1) is 36.7 Å². The van der Waals surface area contributed by atoms with Crippen LogP contribution in [-0.4, -0.2) is 84.7 Å². The van der Waals surface area contributed by atoms with Gasteiger partial charge < -0.3 is 20.1 Å². The van der Waals surface area contributed by atoms with Gasteiger partial charge in [0.1, 0.15) is 11.1 Å². The third-order valence-corrected chi connectivity index (χ3v) is 8.87. The lowest BCUT2D eigenvalue weighted by molar-refractivity contribution is 0.0389. The molecule has 3 aromatic rings. The summed E-state index contributed by atoms with van der Waals surface area (Å²) >= 11 is 1.50. The van der Waals surface area contributed by atoms with Crippen molar-refractivity contribution in [1.29, 1.82) is 0 Å². The molecule has 0 aliphatic carbocycles. The molecule has 0 unspecified atom stereocenters. The van der Waals surface area contributed by atoms with Crippen LogP contribution in [0.2, 0.25) is 0 Å². The first-order chi connectivity index (χ1) is 18.5. The van der Waals surface area contributed by atoms with Gasteiger partial charge >= 0.3 is 0 Å². The minimum absolute atomic E-state index is 0.0372. The number of aliphatic hydroxyl groups is 1. The molecule has 2 amide bonds. The Balaban J connectivity index is 1.69. The monoisotopic (exact) mass is 572 g/mol. The maximum Gasteiger partial charge on any atom is 0.258 e. The molecule has 1 aliphatic rings. The molecule has 3 atom stereocenters. The van der Waals surface area contributed by atoms with Crippen molar-refractivity contribution in [2.24, 2.45) is 5.92 Å². The highest BCUT2D eigenvalue weighted by atomic mass is 32.2. The second kappa shape index (κ2) is 11.8. The maximum atomic E-state index is 13.6. The van der Waals surface area contributed by atoms with Gasteiger partial charge in [0.15, 0.2) is 5.75 Å². The van der Waals surface area contributed by atoms with Gasteiger partial charge in [-0.3, -0.25) is 9.59 Å². The smallest absolute Gasteiger partial charge is 0.258 e. The van der Waals surface area contributed by atoms with Crippen LogP contribution in [0, 0.1) is 5.92 Å². The van der Waals surface area contributed by atoms with E-state index < -0.39 is 28.1 Å². The van der Waals surface area contributed by atoms with Crippen LogP contribution in [-0.2, 0) is 10.0 Å². The number of nitrogens with zero attached hydrogens (tertiary/aromatic N) is 3. The number of aliphatic hydroxyl groups excluding tert-OH is 1. The van der Waals surface area contributed by atoms with Crippen molar-refractivity contribution >= 4 is 38.9 Å². The Bertz CT molecular complexity index is 1430. The zero-order valence-corrected chi connectivity index (χ0v) is 23.8. The summed E-state index contributed by atoms with van der Waals surface area (Å²) in [6, 6.07) is 11.4. The van der Waals surface area contributed by atoms with Crippen LogP contribution in [0.3, 0.4) is 0 Å². The van der Waals surface area contributed by atoms with Crippen molar-refractivity contribution in [1.82, 2.24) is 14.2 Å². The van der Waals surface area contributed by atoms with Crippen molar-refractivity contribution in [3.63, 3.8) is 0 Å². The van der Waals surface area contributed by atoms with E-state index in [9.17, 15) is 23.1 Å². The molecule has 2 aromatic carbocycles. The number of benzene rings is 2. The number of fused-ring (bicyclic) bond motifs is 1. The van der Waals surface area contributed by atoms with Crippen LogP contribution in [0.5, 0.6) is 5.75 Å². The molecule has 208 valence electrons. The number of ether oxygens (including phenoxy) is 1. The minimum Gasteiger partial charge on any atom is -0.486 e. The first-order valence-electron chi connectivity index (χ1n) is 12.4. The lowest BCUT2D eigenvalue weighted by atomic mass is 9.99. The summed E-state index contributed by atoms with van der Waals surface area (Å²) in [7, 11) is -2.03. The number of anilines is 1. The fourth-order valence-electron chi connectivity index (χ4n) is 4.27. The fourth-order valence-corrected chi connectivity index (χ4v) is 5.34. The van der Waals surface area contributed by atoms with Crippen LogP contribution >= 0.6 is 11.3 Å². The van der Waals surface area contributed by atoms with Crippen molar-refractivity contribution < 1.29 is 27.9 Å². The van der Waals surface area contributed by atoms with Gasteiger partial charge in [-0.2, -0.15) is 0 Å². The number of amides is 2. The predicted molar refractivity (Wildman–Crippen MR) is 151 cm³/mol. The topological polar surface area (TPSA) is 129 Å². The Hall–Kier alpha value is -3.32. The SMILES string of the molecule is C[C@@H]1CN([C@@H](C)CO)C(=O)c2cccc(NC(=O)c3ccc(-c4nccs4)cc3)c2O[C@@H]1CN(C)S(C)(=O)=O. The van der Waals surface area contributed by atoms with E-state index in [-0.39, 0.29) is 48.5 Å². The number of thiazole rings is 1. The van der Waals surface area contributed by atoms with E-state index in [1.807, 2.05) is 24.4 Å². The van der Waals surface area contributed by atoms with Gasteiger partial charge in [0.25, 0.3) is 11.8 Å². The van der Waals surface area contributed by atoms with Crippen molar-refractivity contribution in [3.05, 3.63) is 65.2 Å². The fraction of sp³-hybridized carbons (Fsp3) is 0.370. The predicted octanol–water partition coefficient (Wildman–Crippen LogP) is 3.17. The molecule has 2 N–H and O–H groups in total. The summed E-state index contributed by atoms with van der Waals surface area (Å²) in [5.41, 5.74) is 1.80. The number of sulfonamides is 1. The second-order valence-electron chi connectivity index (χ2n) is 9.72. The molecule has 1 aliphatic heterocycles. The zero-order chi connectivity index (χ0) is 28.3. The summed E-state index contributed by atoms with van der Waals surface area (Å²) in [6.45, 7) is 3.66. The molecule has 0 saturated carbocycles. The first kappa shape index (κ1) is 28.7. The Morgan fingerprint density at radius 2 is 2.00 bits per heavy atom. The van der Waals surface area contributed by atoms with Gasteiger partial charge in [0, 0.05) is 42.2 Å². The molecule has 0 fully saturated rings. The Labute approximate surface area is 232 Å². The van der Waals surface area contributed by atoms with Crippen LogP contribution in [0.15, 0.2) is 54.0 Å². The van der Waals surface area contributed by atoms with E-state index in [1.165, 1.54) is 22.7 Å². The number of rotatable bonds is 8. The highest BCUT2D eigenvalue weighted by molar-refractivity contribution is 7.88. The molecule has 12 heteroatoms. The van der Waals surface area contributed by atoms with Crippen molar-refractivity contribution in [2.45, 2.75) is 26.0 Å². The lowest BCUT2D eigenvalue weighted by Crippen LogP contribution is -2.50. The van der Waals surface area contributed by atoms with Gasteiger partial charge in [-0.05, 0) is 31.2 Å². The average Bonchev–Trinajstić information content (AvgIpc) is 3.45. The molecular weight excluding hydrogens is 540 g/mol. The lowest BCUT2D eigenvalue weighted by Gasteiger charge is -2.38. The average molecular weight is 573 g/mol. The second-order valence-corrected chi connectivity index (χ2v) is 12.7. The molecule has 10 nitrogen and oxygen atoms in total. The number of hydrogen-bond acceptors (Lipinski definition) is 8. The molecule has 2 heterocycles. The quantitative estimate of drug-likeness (QED) is 0.424. The molecular formula is C27H32N4O6S2. The van der Waals surface area contributed by atoms with E-state index in [0.717, 1.165) is 16.8 Å². The number of hydrogen-bond donors (Lipinski definition) is 2. The number of carbonyl (C=O) groups is 2. The molecule has 1 aromatic heterocycles. The number of likely N-dealkylation sites (N-methyl/N-ethyl adjacent to an activating group) is 1. The van der Waals surface area contributed by atoms with Crippen molar-refractivity contribution in [2.75, 3.05) is 38.3 Å². The van der Waals surface area contributed by atoms with Crippen LogP contribution in [0.4, 0.5) is 5.69 Å². The van der Waals surface area contributed by atoms with Crippen LogP contribution in [0.25, 0.3) is 10.6 Å². The largest absolute Gasteiger partial charge is 0.486 e. The number of carbonyl (C=O) groups excluding carboxylic acids is 2. The normalized spacial score (nSPS) is 18.6. The van der Waals surface area contributed by atoms with Crippen LogP contribution in [0.1, 0.15) is 34.6 Å². The highest BCUT2D eigenvalue weighted by Gasteiger charge is 2.35. The van der Waals surface area contributed by atoms with Gasteiger partial charge in [0.2, 0.25) is 10.0 Å². The van der Waals surface area contributed by atoms with E-state index in [0.29, 0.717) is 5.56 Å². The Kier molecular flexibility index (Phi) is 8.70. The third-order valence-electron chi connectivity index (χ3n) is 6.77. The van der Waals surface area contributed by atoms with E-state index >= 15 is 0 Å². The van der Waals surface area contributed by atoms with Gasteiger partial charge in [-0.1, -0.05) is 25.1 Å². The number of para-hydroxylation sites is 1. The molecule has 0 spiro atoms. The molecule has 0 saturated heterocycles. The van der Waals surface area contributed by atoms with Gasteiger partial charge in [-0.15, -0.1) is 11.3 Å². The summed E-state index contributed by atoms with van der Waals surface area (Å²) in [4.78, 5) is 32.6. The van der Waals surface area contributed by atoms with E-state index in [4.69, 9.17) is 4.74 Å². The summed E-state index contributed by atoms with van der Waals surface area (Å²) in [5, 5.41) is 15.4. The molecule has 39 heavy (non-hydrogen) atoms. The summed E-state index contributed by atoms with van der Waals surface area (Å²) in [6.07, 6.45) is 2.19. The highest BCUT2D eigenvalue weighted by Crippen LogP contribution is 2.35. The summed E-state index contributed by atoms with van der Waals surface area (Å²) < 4.78 is 31.9. The Morgan fingerprint density at radius 3 is 2.62 bits per heavy atom. The number of nitrogens with one attached hydrogen (secondary N) is 1. The summed E-state index contributed by atoms with van der Waals surface area (Å²) in [5.74, 6) is -0.880. The van der Waals surface area contributed by atoms with E-state index in [2.05, 4.69) is 10.3 Å². The third kappa shape index (κ3) is 6.47. The number of aromatic nitrogens is 1. The first-order valence-corrected chi connectivity index (χ1v) is 15.2.